The molecule has 1 saturated heterocycles. The van der Waals surface area contributed by atoms with Gasteiger partial charge in [0.2, 0.25) is 0 Å². The van der Waals surface area contributed by atoms with Crippen LogP contribution in [-0.2, 0) is 0 Å². The first-order chi connectivity index (χ1) is 6.53. The van der Waals surface area contributed by atoms with Crippen LogP contribution < -0.4 is 5.32 Å². The molecule has 1 heterocycles. The number of nitrogens with one attached hydrogen (secondary N) is 1. The van der Waals surface area contributed by atoms with E-state index in [1.165, 1.54) is 6.42 Å². The number of hydrogen-bond acceptors (Lipinski definition) is 3. The van der Waals surface area contributed by atoms with Crippen molar-refractivity contribution in [2.75, 3.05) is 26.2 Å². The molecule has 84 valence electrons. The number of hydrogen-bond donors (Lipinski definition) is 2. The second kappa shape index (κ2) is 5.10. The van der Waals surface area contributed by atoms with E-state index in [9.17, 15) is 5.11 Å². The Balaban J connectivity index is 2.45. The second-order valence-electron chi connectivity index (χ2n) is 4.93. The van der Waals surface area contributed by atoms with Crippen molar-refractivity contribution in [3.63, 3.8) is 0 Å². The quantitative estimate of drug-likeness (QED) is 0.690. The molecule has 1 aliphatic rings. The molecule has 14 heavy (non-hydrogen) atoms. The van der Waals surface area contributed by atoms with Gasteiger partial charge in [-0.15, -0.1) is 0 Å². The predicted octanol–water partition coefficient (Wildman–Crippen LogP) is 0.831. The van der Waals surface area contributed by atoms with Crippen molar-refractivity contribution in [1.82, 2.24) is 10.2 Å². The second-order valence-corrected chi connectivity index (χ2v) is 4.93. The van der Waals surface area contributed by atoms with Crippen molar-refractivity contribution < 1.29 is 5.11 Å². The number of aliphatic hydroxyl groups is 1. The lowest BCUT2D eigenvalue weighted by molar-refractivity contribution is 0.0234. The fourth-order valence-electron chi connectivity index (χ4n) is 2.13. The van der Waals surface area contributed by atoms with Crippen molar-refractivity contribution in [3.8, 4) is 0 Å². The first-order valence-corrected chi connectivity index (χ1v) is 5.70. The van der Waals surface area contributed by atoms with E-state index in [1.807, 2.05) is 13.8 Å². The zero-order valence-electron chi connectivity index (χ0n) is 9.71. The Morgan fingerprint density at radius 1 is 1.50 bits per heavy atom. The minimum Gasteiger partial charge on any atom is -0.389 e. The van der Waals surface area contributed by atoms with E-state index in [0.29, 0.717) is 6.04 Å². The Bertz CT molecular complexity index is 159. The molecule has 0 aromatic carbocycles. The van der Waals surface area contributed by atoms with Crippen LogP contribution in [0.15, 0.2) is 0 Å². The minimum absolute atomic E-state index is 0.572. The molecule has 0 spiro atoms. The fraction of sp³-hybridized carbons (Fsp3) is 1.00. The lowest BCUT2D eigenvalue weighted by atomic mass is 10.1. The average molecular weight is 200 g/mol. The van der Waals surface area contributed by atoms with Gasteiger partial charge in [0.1, 0.15) is 0 Å². The standard InChI is InChI=1S/C11H24N2O/c1-4-7-13(9-11(2,3)14)10-5-6-12-8-10/h10,12,14H,4-9H2,1-3H3. The molecule has 3 heteroatoms. The fourth-order valence-corrected chi connectivity index (χ4v) is 2.13. The Hall–Kier alpha value is -0.120. The SMILES string of the molecule is CCCN(CC(C)(C)O)C1CCNC1. The Morgan fingerprint density at radius 2 is 2.21 bits per heavy atom. The van der Waals surface area contributed by atoms with Gasteiger partial charge >= 0.3 is 0 Å². The van der Waals surface area contributed by atoms with Crippen LogP contribution in [0.4, 0.5) is 0 Å². The summed E-state index contributed by atoms with van der Waals surface area (Å²) in [6.07, 6.45) is 2.38. The van der Waals surface area contributed by atoms with Crippen molar-refractivity contribution in [2.45, 2.75) is 45.3 Å². The third kappa shape index (κ3) is 3.95. The lowest BCUT2D eigenvalue weighted by Crippen LogP contribution is -2.45. The van der Waals surface area contributed by atoms with E-state index in [1.54, 1.807) is 0 Å². The summed E-state index contributed by atoms with van der Waals surface area (Å²) in [4.78, 5) is 2.42. The summed E-state index contributed by atoms with van der Waals surface area (Å²) in [6, 6.07) is 0.626. The molecule has 0 aliphatic carbocycles. The summed E-state index contributed by atoms with van der Waals surface area (Å²) in [7, 11) is 0. The maximum Gasteiger partial charge on any atom is 0.0718 e. The molecular formula is C11H24N2O. The highest BCUT2D eigenvalue weighted by Crippen LogP contribution is 2.13. The van der Waals surface area contributed by atoms with Gasteiger partial charge < -0.3 is 10.4 Å². The monoisotopic (exact) mass is 200 g/mol. The van der Waals surface area contributed by atoms with Crippen LogP contribution in [0.3, 0.4) is 0 Å². The molecule has 2 N–H and O–H groups in total. The summed E-state index contributed by atoms with van der Waals surface area (Å²) in [6.45, 7) is 10.0. The smallest absolute Gasteiger partial charge is 0.0718 e. The van der Waals surface area contributed by atoms with Gasteiger partial charge in [0.05, 0.1) is 5.60 Å². The van der Waals surface area contributed by atoms with Gasteiger partial charge in [0, 0.05) is 19.1 Å². The molecule has 0 aromatic heterocycles. The molecule has 1 atom stereocenters. The van der Waals surface area contributed by atoms with E-state index >= 15 is 0 Å². The Labute approximate surface area is 87.5 Å². The largest absolute Gasteiger partial charge is 0.389 e. The average Bonchev–Trinajstić information content (AvgIpc) is 2.52. The summed E-state index contributed by atoms with van der Waals surface area (Å²) < 4.78 is 0. The van der Waals surface area contributed by atoms with Crippen LogP contribution in [-0.4, -0.2) is 47.8 Å². The normalized spacial score (nSPS) is 23.4. The third-order valence-corrected chi connectivity index (χ3v) is 2.65. The first-order valence-electron chi connectivity index (χ1n) is 5.70. The topological polar surface area (TPSA) is 35.5 Å². The highest BCUT2D eigenvalue weighted by molar-refractivity contribution is 4.83. The van der Waals surface area contributed by atoms with Crippen LogP contribution >= 0.6 is 0 Å². The first kappa shape index (κ1) is 12.0. The number of rotatable bonds is 5. The molecule has 0 aromatic rings. The molecule has 1 unspecified atom stereocenters. The van der Waals surface area contributed by atoms with Crippen LogP contribution in [0.5, 0.6) is 0 Å². The molecule has 1 rings (SSSR count). The predicted molar refractivity (Wildman–Crippen MR) is 59.4 cm³/mol. The van der Waals surface area contributed by atoms with Crippen molar-refractivity contribution >= 4 is 0 Å². The van der Waals surface area contributed by atoms with Crippen LogP contribution in [0, 0.1) is 0 Å². The minimum atomic E-state index is -0.572. The zero-order chi connectivity index (χ0) is 10.6. The van der Waals surface area contributed by atoms with Gasteiger partial charge in [-0.1, -0.05) is 6.92 Å². The van der Waals surface area contributed by atoms with E-state index in [-0.39, 0.29) is 0 Å². The highest BCUT2D eigenvalue weighted by Gasteiger charge is 2.26. The number of nitrogens with zero attached hydrogens (tertiary/aromatic N) is 1. The van der Waals surface area contributed by atoms with Crippen LogP contribution in [0.25, 0.3) is 0 Å². The molecule has 3 nitrogen and oxygen atoms in total. The summed E-state index contributed by atoms with van der Waals surface area (Å²) in [5, 5.41) is 13.2. The Kier molecular flexibility index (Phi) is 4.35. The van der Waals surface area contributed by atoms with E-state index in [4.69, 9.17) is 0 Å². The molecule has 0 amide bonds. The maximum atomic E-state index is 9.81. The molecule has 0 radical (unpaired) electrons. The molecule has 1 fully saturated rings. The Morgan fingerprint density at radius 3 is 2.64 bits per heavy atom. The van der Waals surface area contributed by atoms with E-state index < -0.39 is 5.60 Å². The van der Waals surface area contributed by atoms with Gasteiger partial charge in [0.25, 0.3) is 0 Å². The summed E-state index contributed by atoms with van der Waals surface area (Å²) in [5.74, 6) is 0. The van der Waals surface area contributed by atoms with Crippen LogP contribution in [0.2, 0.25) is 0 Å². The van der Waals surface area contributed by atoms with Gasteiger partial charge in [-0.25, -0.2) is 0 Å². The van der Waals surface area contributed by atoms with Gasteiger partial charge in [-0.05, 0) is 39.8 Å². The van der Waals surface area contributed by atoms with E-state index in [0.717, 1.165) is 32.6 Å². The third-order valence-electron chi connectivity index (χ3n) is 2.65. The van der Waals surface area contributed by atoms with Gasteiger partial charge in [0.15, 0.2) is 0 Å². The molecular weight excluding hydrogens is 176 g/mol. The van der Waals surface area contributed by atoms with Crippen molar-refractivity contribution in [1.29, 1.82) is 0 Å². The highest BCUT2D eigenvalue weighted by atomic mass is 16.3. The lowest BCUT2D eigenvalue weighted by Gasteiger charge is -2.33. The van der Waals surface area contributed by atoms with Crippen LogP contribution in [0.1, 0.15) is 33.6 Å². The molecule has 1 aliphatic heterocycles. The van der Waals surface area contributed by atoms with Gasteiger partial charge in [-0.3, -0.25) is 4.90 Å². The summed E-state index contributed by atoms with van der Waals surface area (Å²) in [5.41, 5.74) is -0.572. The van der Waals surface area contributed by atoms with Crippen molar-refractivity contribution in [3.05, 3.63) is 0 Å². The zero-order valence-corrected chi connectivity index (χ0v) is 9.71. The molecule has 0 saturated carbocycles. The molecule has 0 bridgehead atoms. The van der Waals surface area contributed by atoms with Crippen molar-refractivity contribution in [2.24, 2.45) is 0 Å². The van der Waals surface area contributed by atoms with Gasteiger partial charge in [-0.2, -0.15) is 0 Å². The van der Waals surface area contributed by atoms with E-state index in [2.05, 4.69) is 17.1 Å². The maximum absolute atomic E-state index is 9.81. The summed E-state index contributed by atoms with van der Waals surface area (Å²) >= 11 is 0.